The molecule has 1 aromatic carbocycles. The topological polar surface area (TPSA) is 75.4 Å². The monoisotopic (exact) mass is 345 g/mol. The summed E-state index contributed by atoms with van der Waals surface area (Å²) < 4.78 is 1.06. The first-order valence-electron chi connectivity index (χ1n) is 5.18. The van der Waals surface area contributed by atoms with E-state index in [1.807, 2.05) is 24.3 Å². The summed E-state index contributed by atoms with van der Waals surface area (Å²) in [5.41, 5.74) is 2.92. The molecule has 0 bridgehead atoms. The largest absolute Gasteiger partial charge is 0.312 e. The molecule has 17 heavy (non-hydrogen) atoms. The van der Waals surface area contributed by atoms with Crippen molar-refractivity contribution < 1.29 is 9.59 Å². The van der Waals surface area contributed by atoms with Crippen LogP contribution < -0.4 is 16.2 Å². The summed E-state index contributed by atoms with van der Waals surface area (Å²) in [6, 6.07) is 7.62. The minimum atomic E-state index is -0.356. The van der Waals surface area contributed by atoms with E-state index < -0.39 is 0 Å². The Morgan fingerprint density at radius 1 is 1.53 bits per heavy atom. The maximum atomic E-state index is 11.8. The second kappa shape index (κ2) is 5.01. The lowest BCUT2D eigenvalue weighted by molar-refractivity contribution is -0.126. The van der Waals surface area contributed by atoms with Gasteiger partial charge < -0.3 is 4.90 Å². The van der Waals surface area contributed by atoms with E-state index in [4.69, 9.17) is 5.84 Å². The normalized spacial score (nSPS) is 19.5. The highest BCUT2D eigenvalue weighted by molar-refractivity contribution is 14.1. The molecule has 3 N–H and O–H groups in total. The van der Waals surface area contributed by atoms with Crippen LogP contribution in [0.2, 0.25) is 0 Å². The molecule has 0 radical (unpaired) electrons. The van der Waals surface area contributed by atoms with Gasteiger partial charge in [-0.3, -0.25) is 15.0 Å². The number of nitrogens with zero attached hydrogens (tertiary/aromatic N) is 1. The van der Waals surface area contributed by atoms with Crippen LogP contribution >= 0.6 is 22.6 Å². The van der Waals surface area contributed by atoms with Gasteiger partial charge in [0.25, 0.3) is 0 Å². The van der Waals surface area contributed by atoms with Crippen LogP contribution in [0.1, 0.15) is 6.42 Å². The quantitative estimate of drug-likeness (QED) is 0.357. The van der Waals surface area contributed by atoms with Gasteiger partial charge in [-0.05, 0) is 40.8 Å². The molecule has 5 nitrogen and oxygen atoms in total. The molecule has 0 unspecified atom stereocenters. The zero-order chi connectivity index (χ0) is 12.4. The number of hydrogen-bond acceptors (Lipinski definition) is 3. The summed E-state index contributed by atoms with van der Waals surface area (Å²) in [4.78, 5) is 24.8. The number of carbonyl (C=O) groups excluding carboxylic acids is 2. The van der Waals surface area contributed by atoms with Crippen molar-refractivity contribution in [2.45, 2.75) is 6.42 Å². The van der Waals surface area contributed by atoms with Gasteiger partial charge in [0.15, 0.2) is 0 Å². The van der Waals surface area contributed by atoms with Crippen LogP contribution in [0.3, 0.4) is 0 Å². The summed E-state index contributed by atoms with van der Waals surface area (Å²) in [5, 5.41) is 0. The van der Waals surface area contributed by atoms with Crippen molar-refractivity contribution in [2.75, 3.05) is 11.4 Å². The zero-order valence-electron chi connectivity index (χ0n) is 9.02. The van der Waals surface area contributed by atoms with Gasteiger partial charge in [0.1, 0.15) is 0 Å². The molecular formula is C11H12IN3O2. The standard InChI is InChI=1S/C11H12IN3O2/c12-8-2-1-3-9(5-8)15-6-7(4-10(15)16)11(17)14-13/h1-3,5,7H,4,6,13H2,(H,14,17)/t7-/m0/s1. The predicted octanol–water partition coefficient (Wildman–Crippen LogP) is 0.634. The third-order valence-electron chi connectivity index (χ3n) is 2.76. The zero-order valence-corrected chi connectivity index (χ0v) is 11.2. The second-order valence-corrected chi connectivity index (χ2v) is 5.14. The Kier molecular flexibility index (Phi) is 3.63. The third kappa shape index (κ3) is 2.58. The summed E-state index contributed by atoms with van der Waals surface area (Å²) >= 11 is 2.19. The van der Waals surface area contributed by atoms with Crippen LogP contribution in [0.5, 0.6) is 0 Å². The first kappa shape index (κ1) is 12.3. The SMILES string of the molecule is NNC(=O)[C@H]1CC(=O)N(c2cccc(I)c2)C1. The smallest absolute Gasteiger partial charge is 0.239 e. The number of benzene rings is 1. The van der Waals surface area contributed by atoms with Gasteiger partial charge >= 0.3 is 0 Å². The van der Waals surface area contributed by atoms with Gasteiger partial charge in [0.05, 0.1) is 5.92 Å². The molecule has 0 aromatic heterocycles. The molecule has 1 fully saturated rings. The summed E-state index contributed by atoms with van der Waals surface area (Å²) in [6.45, 7) is 0.391. The van der Waals surface area contributed by atoms with Crippen molar-refractivity contribution in [2.24, 2.45) is 11.8 Å². The van der Waals surface area contributed by atoms with Crippen molar-refractivity contribution in [3.63, 3.8) is 0 Å². The van der Waals surface area contributed by atoms with E-state index in [1.54, 1.807) is 4.90 Å². The Hall–Kier alpha value is -1.15. The average Bonchev–Trinajstić information content (AvgIpc) is 2.70. The molecular weight excluding hydrogens is 333 g/mol. The number of nitrogens with one attached hydrogen (secondary N) is 1. The maximum absolute atomic E-state index is 11.8. The van der Waals surface area contributed by atoms with Crippen molar-refractivity contribution in [1.29, 1.82) is 0 Å². The number of rotatable bonds is 2. The van der Waals surface area contributed by atoms with E-state index in [9.17, 15) is 9.59 Å². The highest BCUT2D eigenvalue weighted by atomic mass is 127. The highest BCUT2D eigenvalue weighted by Gasteiger charge is 2.34. The fourth-order valence-corrected chi connectivity index (χ4v) is 2.42. The Labute approximate surface area is 112 Å². The van der Waals surface area contributed by atoms with E-state index >= 15 is 0 Å². The fraction of sp³-hybridized carbons (Fsp3) is 0.273. The molecule has 1 saturated heterocycles. The van der Waals surface area contributed by atoms with Crippen molar-refractivity contribution in [3.8, 4) is 0 Å². The molecule has 1 aliphatic rings. The van der Waals surface area contributed by atoms with Crippen LogP contribution in [0, 0.1) is 9.49 Å². The minimum absolute atomic E-state index is 0.0411. The minimum Gasteiger partial charge on any atom is -0.312 e. The number of halogens is 1. The van der Waals surface area contributed by atoms with Gasteiger partial charge in [-0.25, -0.2) is 5.84 Å². The third-order valence-corrected chi connectivity index (χ3v) is 3.43. The van der Waals surface area contributed by atoms with Crippen LogP contribution in [0.4, 0.5) is 5.69 Å². The van der Waals surface area contributed by atoms with Crippen LogP contribution in [0.25, 0.3) is 0 Å². The lowest BCUT2D eigenvalue weighted by atomic mass is 10.1. The lowest BCUT2D eigenvalue weighted by Crippen LogP contribution is -2.37. The van der Waals surface area contributed by atoms with Gasteiger partial charge in [-0.2, -0.15) is 0 Å². The van der Waals surface area contributed by atoms with Gasteiger partial charge in [-0.1, -0.05) is 6.07 Å². The number of hydrazine groups is 1. The summed E-state index contributed by atoms with van der Waals surface area (Å²) in [5.74, 6) is 4.39. The number of anilines is 1. The molecule has 1 aromatic rings. The summed E-state index contributed by atoms with van der Waals surface area (Å²) in [6.07, 6.45) is 0.217. The summed E-state index contributed by atoms with van der Waals surface area (Å²) in [7, 11) is 0. The Morgan fingerprint density at radius 3 is 2.94 bits per heavy atom. The molecule has 1 atom stereocenters. The molecule has 0 saturated carbocycles. The van der Waals surface area contributed by atoms with Gasteiger partial charge in [0.2, 0.25) is 11.8 Å². The van der Waals surface area contributed by atoms with E-state index in [0.717, 1.165) is 9.26 Å². The molecule has 2 rings (SSSR count). The molecule has 90 valence electrons. The Balaban J connectivity index is 2.18. The van der Waals surface area contributed by atoms with E-state index in [1.165, 1.54) is 0 Å². The van der Waals surface area contributed by atoms with Crippen LogP contribution in [-0.2, 0) is 9.59 Å². The maximum Gasteiger partial charge on any atom is 0.239 e. The van der Waals surface area contributed by atoms with E-state index in [0.29, 0.717) is 6.54 Å². The van der Waals surface area contributed by atoms with Crippen LogP contribution in [-0.4, -0.2) is 18.4 Å². The number of carbonyl (C=O) groups is 2. The van der Waals surface area contributed by atoms with Crippen molar-refractivity contribution >= 4 is 40.1 Å². The second-order valence-electron chi connectivity index (χ2n) is 3.89. The lowest BCUT2D eigenvalue weighted by Gasteiger charge is -2.16. The molecule has 6 heteroatoms. The van der Waals surface area contributed by atoms with Crippen molar-refractivity contribution in [1.82, 2.24) is 5.43 Å². The molecule has 1 aliphatic heterocycles. The first-order valence-corrected chi connectivity index (χ1v) is 6.26. The number of hydrogen-bond donors (Lipinski definition) is 2. The van der Waals surface area contributed by atoms with Crippen LogP contribution in [0.15, 0.2) is 24.3 Å². The highest BCUT2D eigenvalue weighted by Crippen LogP contribution is 2.26. The molecule has 0 aliphatic carbocycles. The average molecular weight is 345 g/mol. The Morgan fingerprint density at radius 2 is 2.29 bits per heavy atom. The number of nitrogens with two attached hydrogens (primary N) is 1. The van der Waals surface area contributed by atoms with E-state index in [-0.39, 0.29) is 24.2 Å². The van der Waals surface area contributed by atoms with E-state index in [2.05, 4.69) is 28.0 Å². The molecule has 0 spiro atoms. The first-order chi connectivity index (χ1) is 8.11. The van der Waals surface area contributed by atoms with Gasteiger partial charge in [0, 0.05) is 22.2 Å². The Bertz CT molecular complexity index is 464. The van der Waals surface area contributed by atoms with Gasteiger partial charge in [-0.15, -0.1) is 0 Å². The molecule has 2 amide bonds. The predicted molar refractivity (Wildman–Crippen MR) is 71.9 cm³/mol. The van der Waals surface area contributed by atoms with Crippen molar-refractivity contribution in [3.05, 3.63) is 27.8 Å². The molecule has 1 heterocycles. The number of amides is 2. The fourth-order valence-electron chi connectivity index (χ4n) is 1.89.